The molecule has 0 amide bonds. The van der Waals surface area contributed by atoms with Crippen LogP contribution in [0.3, 0.4) is 0 Å². The van der Waals surface area contributed by atoms with Crippen molar-refractivity contribution in [2.24, 2.45) is 0 Å². The summed E-state index contributed by atoms with van der Waals surface area (Å²) in [7, 11) is 0. The molecule has 0 aliphatic carbocycles. The lowest BCUT2D eigenvalue weighted by molar-refractivity contribution is -0.167. The molecule has 0 aromatic heterocycles. The van der Waals surface area contributed by atoms with E-state index in [4.69, 9.17) is 14.2 Å². The molecule has 0 bridgehead atoms. The summed E-state index contributed by atoms with van der Waals surface area (Å²) in [6, 6.07) is 0. The molecule has 1 atom stereocenters. The SMILES string of the molecule is CCCC/C=C\CCCCCCCC(=O)OCC(COC(=O)CCCCCCCCCCC/C=C\C/C=C\CCCCCCC)OC(=O)CCCCCCCCC/C=C\CCCCCCCC. The number of rotatable bonds is 53. The molecule has 1 unspecified atom stereocenters. The van der Waals surface area contributed by atoms with E-state index in [1.165, 1.54) is 193 Å². The van der Waals surface area contributed by atoms with Crippen LogP contribution in [0.1, 0.15) is 303 Å². The molecule has 0 N–H and O–H groups in total. The molecule has 0 aliphatic heterocycles. The molecule has 0 aromatic rings. The zero-order valence-corrected chi connectivity index (χ0v) is 44.7. The van der Waals surface area contributed by atoms with E-state index < -0.39 is 6.10 Å². The largest absolute Gasteiger partial charge is 0.462 e. The first-order valence-electron chi connectivity index (χ1n) is 29.1. The van der Waals surface area contributed by atoms with Crippen LogP contribution in [0.15, 0.2) is 48.6 Å². The smallest absolute Gasteiger partial charge is 0.306 e. The van der Waals surface area contributed by atoms with Crippen LogP contribution < -0.4 is 0 Å². The maximum absolute atomic E-state index is 12.8. The van der Waals surface area contributed by atoms with Gasteiger partial charge in [-0.2, -0.15) is 0 Å². The van der Waals surface area contributed by atoms with E-state index in [9.17, 15) is 14.4 Å². The summed E-state index contributed by atoms with van der Waals surface area (Å²) in [5.74, 6) is -0.884. The van der Waals surface area contributed by atoms with Crippen molar-refractivity contribution in [1.29, 1.82) is 0 Å². The molecule has 0 aliphatic rings. The lowest BCUT2D eigenvalue weighted by Crippen LogP contribution is -2.30. The van der Waals surface area contributed by atoms with Crippen LogP contribution in [0, 0.1) is 0 Å². The number of hydrogen-bond acceptors (Lipinski definition) is 6. The minimum Gasteiger partial charge on any atom is -0.462 e. The van der Waals surface area contributed by atoms with Gasteiger partial charge in [-0.25, -0.2) is 0 Å². The maximum atomic E-state index is 12.8. The second-order valence-corrected chi connectivity index (χ2v) is 19.5. The lowest BCUT2D eigenvalue weighted by Gasteiger charge is -2.18. The molecule has 0 heterocycles. The Hall–Kier alpha value is -2.63. The molecule has 67 heavy (non-hydrogen) atoms. The van der Waals surface area contributed by atoms with Crippen LogP contribution in [0.25, 0.3) is 0 Å². The fourth-order valence-corrected chi connectivity index (χ4v) is 8.33. The number of unbranched alkanes of at least 4 members (excludes halogenated alkanes) is 34. The summed E-state index contributed by atoms with van der Waals surface area (Å²) >= 11 is 0. The molecule has 0 saturated heterocycles. The predicted molar refractivity (Wildman–Crippen MR) is 289 cm³/mol. The first-order chi connectivity index (χ1) is 33.0. The van der Waals surface area contributed by atoms with Gasteiger partial charge in [0.15, 0.2) is 6.10 Å². The third kappa shape index (κ3) is 54.2. The fraction of sp³-hybridized carbons (Fsp3) is 0.820. The van der Waals surface area contributed by atoms with Crippen molar-refractivity contribution in [2.45, 2.75) is 309 Å². The monoisotopic (exact) mass is 939 g/mol. The average molecular weight is 940 g/mol. The van der Waals surface area contributed by atoms with Gasteiger partial charge in [0.1, 0.15) is 13.2 Å². The highest BCUT2D eigenvalue weighted by atomic mass is 16.6. The van der Waals surface area contributed by atoms with Gasteiger partial charge >= 0.3 is 17.9 Å². The minimum absolute atomic E-state index is 0.0783. The van der Waals surface area contributed by atoms with Gasteiger partial charge in [0.05, 0.1) is 0 Å². The van der Waals surface area contributed by atoms with E-state index >= 15 is 0 Å². The number of esters is 3. The van der Waals surface area contributed by atoms with Crippen LogP contribution >= 0.6 is 0 Å². The number of hydrogen-bond donors (Lipinski definition) is 0. The molecule has 0 aromatic carbocycles. The normalized spacial score (nSPS) is 12.3. The van der Waals surface area contributed by atoms with Crippen LogP contribution in [0.2, 0.25) is 0 Å². The molecular weight excluding hydrogens is 829 g/mol. The number of carbonyl (C=O) groups is 3. The zero-order chi connectivity index (χ0) is 48.6. The maximum Gasteiger partial charge on any atom is 0.306 e. The Morgan fingerprint density at radius 2 is 0.552 bits per heavy atom. The van der Waals surface area contributed by atoms with Gasteiger partial charge in [0.2, 0.25) is 0 Å². The number of carbonyl (C=O) groups excluding carboxylic acids is 3. The molecule has 0 spiro atoms. The first-order valence-corrected chi connectivity index (χ1v) is 29.1. The highest BCUT2D eigenvalue weighted by Gasteiger charge is 2.19. The van der Waals surface area contributed by atoms with E-state index in [0.717, 1.165) is 70.6 Å². The molecule has 0 rings (SSSR count). The van der Waals surface area contributed by atoms with E-state index in [1.807, 2.05) is 0 Å². The van der Waals surface area contributed by atoms with Crippen molar-refractivity contribution in [3.63, 3.8) is 0 Å². The topological polar surface area (TPSA) is 78.9 Å². The van der Waals surface area contributed by atoms with Gasteiger partial charge in [0.25, 0.3) is 0 Å². The van der Waals surface area contributed by atoms with Crippen molar-refractivity contribution in [1.82, 2.24) is 0 Å². The number of allylic oxidation sites excluding steroid dienone is 8. The Kier molecular flexibility index (Phi) is 53.8. The highest BCUT2D eigenvalue weighted by molar-refractivity contribution is 5.71. The van der Waals surface area contributed by atoms with Gasteiger partial charge in [0, 0.05) is 19.3 Å². The van der Waals surface area contributed by atoms with Gasteiger partial charge in [-0.05, 0) is 96.3 Å². The minimum atomic E-state index is -0.779. The van der Waals surface area contributed by atoms with Gasteiger partial charge in [-0.1, -0.05) is 236 Å². The molecule has 0 radical (unpaired) electrons. The predicted octanol–water partition coefficient (Wildman–Crippen LogP) is 19.4. The van der Waals surface area contributed by atoms with E-state index in [-0.39, 0.29) is 31.1 Å². The Bertz CT molecular complexity index is 1170. The fourth-order valence-electron chi connectivity index (χ4n) is 8.33. The van der Waals surface area contributed by atoms with Crippen LogP contribution in [-0.2, 0) is 28.6 Å². The summed E-state index contributed by atoms with van der Waals surface area (Å²) < 4.78 is 16.8. The van der Waals surface area contributed by atoms with Crippen LogP contribution in [0.5, 0.6) is 0 Å². The van der Waals surface area contributed by atoms with Crippen molar-refractivity contribution in [3.8, 4) is 0 Å². The van der Waals surface area contributed by atoms with Crippen molar-refractivity contribution < 1.29 is 28.6 Å². The molecule has 6 heteroatoms. The summed E-state index contributed by atoms with van der Waals surface area (Å²) in [5.41, 5.74) is 0. The zero-order valence-electron chi connectivity index (χ0n) is 44.7. The Balaban J connectivity index is 4.31. The van der Waals surface area contributed by atoms with Crippen molar-refractivity contribution >= 4 is 17.9 Å². The summed E-state index contributed by atoms with van der Waals surface area (Å²) in [4.78, 5) is 38.1. The lowest BCUT2D eigenvalue weighted by atomic mass is 10.1. The van der Waals surface area contributed by atoms with Gasteiger partial charge in [-0.3, -0.25) is 14.4 Å². The van der Waals surface area contributed by atoms with Crippen LogP contribution in [0.4, 0.5) is 0 Å². The van der Waals surface area contributed by atoms with Crippen LogP contribution in [-0.4, -0.2) is 37.2 Å². The van der Waals surface area contributed by atoms with Gasteiger partial charge < -0.3 is 14.2 Å². The van der Waals surface area contributed by atoms with E-state index in [2.05, 4.69) is 69.4 Å². The standard InChI is InChI=1S/C61H110O6/c1-4-7-10-13-16-19-22-24-26-28-29-30-31-33-34-36-39-42-45-48-51-54-60(63)66-57-58(56-65-59(62)53-50-47-44-41-38-21-18-15-12-9-6-3)67-61(64)55-52-49-46-43-40-37-35-32-27-25-23-20-17-14-11-8-5-2/h15,18,22,24-25,27-29,58H,4-14,16-17,19-21,23,26,30-57H2,1-3H3/b18-15-,24-22-,27-25-,29-28-. The summed E-state index contributed by atoms with van der Waals surface area (Å²) in [6.45, 7) is 6.60. The highest BCUT2D eigenvalue weighted by Crippen LogP contribution is 2.15. The van der Waals surface area contributed by atoms with Crippen molar-refractivity contribution in [2.75, 3.05) is 13.2 Å². The third-order valence-electron chi connectivity index (χ3n) is 12.8. The molecule has 0 fully saturated rings. The number of ether oxygens (including phenoxy) is 3. The summed E-state index contributed by atoms with van der Waals surface area (Å²) in [6.07, 6.45) is 68.2. The molecule has 6 nitrogen and oxygen atoms in total. The quantitative estimate of drug-likeness (QED) is 0.0262. The second-order valence-electron chi connectivity index (χ2n) is 19.5. The summed E-state index contributed by atoms with van der Waals surface area (Å²) in [5, 5.41) is 0. The Labute approximate surface area is 416 Å². The second kappa shape index (κ2) is 56.0. The van der Waals surface area contributed by atoms with Gasteiger partial charge in [-0.15, -0.1) is 0 Å². The van der Waals surface area contributed by atoms with E-state index in [1.54, 1.807) is 0 Å². The third-order valence-corrected chi connectivity index (χ3v) is 12.8. The molecule has 0 saturated carbocycles. The Morgan fingerprint density at radius 3 is 0.881 bits per heavy atom. The first kappa shape index (κ1) is 64.4. The van der Waals surface area contributed by atoms with E-state index in [0.29, 0.717) is 19.3 Å². The van der Waals surface area contributed by atoms with Crippen molar-refractivity contribution in [3.05, 3.63) is 48.6 Å². The average Bonchev–Trinajstić information content (AvgIpc) is 3.33. The molecular formula is C61H110O6. The Morgan fingerprint density at radius 1 is 0.299 bits per heavy atom. The molecule has 390 valence electrons.